The number of anilines is 1. The highest BCUT2D eigenvalue weighted by atomic mass is 32.1. The summed E-state index contributed by atoms with van der Waals surface area (Å²) in [6, 6.07) is 4.43. The molecule has 3 rings (SSSR count). The van der Waals surface area contributed by atoms with E-state index < -0.39 is 0 Å². The highest BCUT2D eigenvalue weighted by Crippen LogP contribution is 2.30. The number of aromatic nitrogens is 3. The van der Waals surface area contributed by atoms with Crippen LogP contribution in [0.3, 0.4) is 0 Å². The Kier molecular flexibility index (Phi) is 4.59. The molecule has 3 aromatic rings. The van der Waals surface area contributed by atoms with E-state index in [2.05, 4.69) is 9.97 Å². The van der Waals surface area contributed by atoms with E-state index in [9.17, 15) is 9.18 Å². The first kappa shape index (κ1) is 16.5. The first-order chi connectivity index (χ1) is 11.5. The van der Waals surface area contributed by atoms with Gasteiger partial charge in [-0.05, 0) is 32.3 Å². The van der Waals surface area contributed by atoms with Crippen LogP contribution in [0.15, 0.2) is 30.6 Å². The lowest BCUT2D eigenvalue weighted by molar-refractivity contribution is 0.0972. The molecular formula is C16H18FN5OS. The molecule has 8 heteroatoms. The molecule has 0 fully saturated rings. The zero-order valence-electron chi connectivity index (χ0n) is 13.7. The number of imidazole rings is 1. The van der Waals surface area contributed by atoms with Crippen LogP contribution in [0, 0.1) is 5.82 Å². The van der Waals surface area contributed by atoms with E-state index in [0.29, 0.717) is 34.3 Å². The molecule has 0 aliphatic rings. The molecule has 0 bridgehead atoms. The van der Waals surface area contributed by atoms with Gasteiger partial charge in [-0.2, -0.15) is 0 Å². The quantitative estimate of drug-likeness (QED) is 0.711. The van der Waals surface area contributed by atoms with Gasteiger partial charge in [-0.3, -0.25) is 9.69 Å². The molecule has 0 aliphatic carbocycles. The van der Waals surface area contributed by atoms with Crippen molar-refractivity contribution in [2.75, 3.05) is 32.1 Å². The molecule has 2 aromatic heterocycles. The minimum absolute atomic E-state index is 0.219. The van der Waals surface area contributed by atoms with Crippen LogP contribution in [-0.4, -0.2) is 52.5 Å². The number of fused-ring (bicyclic) bond motifs is 1. The Morgan fingerprint density at radius 1 is 1.33 bits per heavy atom. The average molecular weight is 347 g/mol. The van der Waals surface area contributed by atoms with E-state index in [-0.39, 0.29) is 11.7 Å². The number of aryl methyl sites for hydroxylation is 1. The average Bonchev–Trinajstić information content (AvgIpc) is 3.12. The summed E-state index contributed by atoms with van der Waals surface area (Å²) in [6.07, 6.45) is 3.32. The lowest BCUT2D eigenvalue weighted by atomic mass is 10.3. The van der Waals surface area contributed by atoms with Gasteiger partial charge in [-0.1, -0.05) is 11.3 Å². The molecule has 0 aliphatic heterocycles. The maximum absolute atomic E-state index is 13.4. The van der Waals surface area contributed by atoms with Gasteiger partial charge in [0.05, 0.1) is 10.2 Å². The van der Waals surface area contributed by atoms with Crippen molar-refractivity contribution in [3.8, 4) is 0 Å². The van der Waals surface area contributed by atoms with Crippen molar-refractivity contribution in [3.63, 3.8) is 0 Å². The summed E-state index contributed by atoms with van der Waals surface area (Å²) in [5, 5.41) is 0.547. The number of hydrogen-bond donors (Lipinski definition) is 0. The molecule has 1 aromatic carbocycles. The normalized spacial score (nSPS) is 11.4. The Labute approximate surface area is 143 Å². The summed E-state index contributed by atoms with van der Waals surface area (Å²) in [4.78, 5) is 25.1. The van der Waals surface area contributed by atoms with Crippen molar-refractivity contribution in [2.45, 2.75) is 0 Å². The van der Waals surface area contributed by atoms with Crippen LogP contribution in [-0.2, 0) is 7.05 Å². The van der Waals surface area contributed by atoms with Crippen LogP contribution in [0.2, 0.25) is 0 Å². The largest absolute Gasteiger partial charge is 0.330 e. The fraction of sp³-hybridized carbons (Fsp3) is 0.312. The van der Waals surface area contributed by atoms with Crippen LogP contribution in [0.25, 0.3) is 10.2 Å². The molecule has 2 heterocycles. The second-order valence-electron chi connectivity index (χ2n) is 5.73. The topological polar surface area (TPSA) is 54.3 Å². The molecule has 0 atom stereocenters. The van der Waals surface area contributed by atoms with Crippen molar-refractivity contribution in [1.82, 2.24) is 19.4 Å². The van der Waals surface area contributed by atoms with E-state index in [0.717, 1.165) is 0 Å². The maximum atomic E-state index is 13.4. The van der Waals surface area contributed by atoms with Crippen LogP contribution >= 0.6 is 11.3 Å². The third-order valence-electron chi connectivity index (χ3n) is 3.60. The number of nitrogens with zero attached hydrogens (tertiary/aromatic N) is 5. The molecule has 1 amide bonds. The minimum atomic E-state index is -0.312. The lowest BCUT2D eigenvalue weighted by Gasteiger charge is -2.21. The third kappa shape index (κ3) is 3.29. The van der Waals surface area contributed by atoms with Crippen LogP contribution < -0.4 is 4.90 Å². The summed E-state index contributed by atoms with van der Waals surface area (Å²) in [7, 11) is 5.66. The molecule has 24 heavy (non-hydrogen) atoms. The van der Waals surface area contributed by atoms with E-state index >= 15 is 0 Å². The van der Waals surface area contributed by atoms with E-state index in [1.54, 1.807) is 35.0 Å². The van der Waals surface area contributed by atoms with Gasteiger partial charge in [-0.25, -0.2) is 14.4 Å². The van der Waals surface area contributed by atoms with E-state index in [1.807, 2.05) is 19.0 Å². The zero-order chi connectivity index (χ0) is 17.3. The standard InChI is InChI=1S/C16H18FN5OS/c1-20(2)8-9-22(15(23)14-18-6-7-21(14)3)16-19-12-5-4-11(17)10-13(12)24-16/h4-7,10H,8-9H2,1-3H3. The van der Waals surface area contributed by atoms with Crippen molar-refractivity contribution in [3.05, 3.63) is 42.2 Å². The predicted molar refractivity (Wildman–Crippen MR) is 93.0 cm³/mol. The van der Waals surface area contributed by atoms with Gasteiger partial charge < -0.3 is 9.47 Å². The summed E-state index contributed by atoms with van der Waals surface area (Å²) in [5.74, 6) is -0.184. The monoisotopic (exact) mass is 347 g/mol. The molecule has 126 valence electrons. The van der Waals surface area contributed by atoms with Crippen LogP contribution in [0.1, 0.15) is 10.6 Å². The maximum Gasteiger partial charge on any atom is 0.296 e. The molecule has 0 spiro atoms. The van der Waals surface area contributed by atoms with Gasteiger partial charge in [0.25, 0.3) is 5.91 Å². The van der Waals surface area contributed by atoms with E-state index in [4.69, 9.17) is 0 Å². The van der Waals surface area contributed by atoms with Gasteiger partial charge >= 0.3 is 0 Å². The molecule has 0 saturated carbocycles. The van der Waals surface area contributed by atoms with Crippen molar-refractivity contribution >= 4 is 32.6 Å². The molecule has 0 saturated heterocycles. The lowest BCUT2D eigenvalue weighted by Crippen LogP contribution is -2.38. The van der Waals surface area contributed by atoms with E-state index in [1.165, 1.54) is 23.5 Å². The molecule has 0 N–H and O–H groups in total. The minimum Gasteiger partial charge on any atom is -0.330 e. The Balaban J connectivity index is 1.99. The number of benzene rings is 1. The Morgan fingerprint density at radius 3 is 2.79 bits per heavy atom. The number of amides is 1. The molecule has 6 nitrogen and oxygen atoms in total. The Hall–Kier alpha value is -2.32. The number of carbonyl (C=O) groups is 1. The summed E-state index contributed by atoms with van der Waals surface area (Å²) in [5.41, 5.74) is 0.680. The Bertz CT molecular complexity index is 872. The second kappa shape index (κ2) is 6.66. The van der Waals surface area contributed by atoms with Crippen LogP contribution in [0.4, 0.5) is 9.52 Å². The number of rotatable bonds is 5. The number of thiazole rings is 1. The highest BCUT2D eigenvalue weighted by molar-refractivity contribution is 7.22. The Morgan fingerprint density at radius 2 is 2.12 bits per heavy atom. The van der Waals surface area contributed by atoms with Gasteiger partial charge in [0.15, 0.2) is 11.0 Å². The van der Waals surface area contributed by atoms with Crippen molar-refractivity contribution < 1.29 is 9.18 Å². The smallest absolute Gasteiger partial charge is 0.296 e. The van der Waals surface area contributed by atoms with Gasteiger partial charge in [-0.15, -0.1) is 0 Å². The summed E-state index contributed by atoms with van der Waals surface area (Å²) in [6.45, 7) is 1.15. The third-order valence-corrected chi connectivity index (χ3v) is 4.64. The van der Waals surface area contributed by atoms with Crippen molar-refractivity contribution in [1.29, 1.82) is 0 Å². The zero-order valence-corrected chi connectivity index (χ0v) is 14.5. The number of hydrogen-bond acceptors (Lipinski definition) is 5. The fourth-order valence-corrected chi connectivity index (χ4v) is 3.29. The fourth-order valence-electron chi connectivity index (χ4n) is 2.28. The van der Waals surface area contributed by atoms with Crippen LogP contribution in [0.5, 0.6) is 0 Å². The van der Waals surface area contributed by atoms with Crippen molar-refractivity contribution in [2.24, 2.45) is 7.05 Å². The predicted octanol–water partition coefficient (Wildman–Crippen LogP) is 2.38. The molecular weight excluding hydrogens is 329 g/mol. The first-order valence-electron chi connectivity index (χ1n) is 7.45. The summed E-state index contributed by atoms with van der Waals surface area (Å²) < 4.78 is 15.8. The molecule has 0 radical (unpaired) electrons. The number of carbonyl (C=O) groups excluding carboxylic acids is 1. The SMILES string of the molecule is CN(C)CCN(C(=O)c1nccn1C)c1nc2ccc(F)cc2s1. The number of halogens is 1. The number of likely N-dealkylation sites (N-methyl/N-ethyl adjacent to an activating group) is 1. The van der Waals surface area contributed by atoms with Gasteiger partial charge in [0.1, 0.15) is 5.82 Å². The summed E-state index contributed by atoms with van der Waals surface area (Å²) >= 11 is 1.30. The first-order valence-corrected chi connectivity index (χ1v) is 8.27. The second-order valence-corrected chi connectivity index (χ2v) is 6.74. The van der Waals surface area contributed by atoms with Gasteiger partial charge in [0.2, 0.25) is 0 Å². The van der Waals surface area contributed by atoms with Gasteiger partial charge in [0, 0.05) is 32.5 Å². The molecule has 0 unspecified atom stereocenters. The highest BCUT2D eigenvalue weighted by Gasteiger charge is 2.24.